The molecule has 0 saturated heterocycles. The third-order valence-corrected chi connectivity index (χ3v) is 4.51. The van der Waals surface area contributed by atoms with Gasteiger partial charge in [0.15, 0.2) is 11.5 Å². The third kappa shape index (κ3) is 4.16. The zero-order valence-corrected chi connectivity index (χ0v) is 13.8. The molecule has 0 aliphatic carbocycles. The Kier molecular flexibility index (Phi) is 5.02. The van der Waals surface area contributed by atoms with Gasteiger partial charge in [0.05, 0.1) is 0 Å². The van der Waals surface area contributed by atoms with E-state index in [1.807, 2.05) is 36.6 Å². The number of carbonyl (C=O) groups is 1. The number of anilines is 1. The molecule has 1 atom stereocenters. The molecule has 1 aliphatic heterocycles. The van der Waals surface area contributed by atoms with Crippen molar-refractivity contribution in [3.05, 3.63) is 40.6 Å². The Morgan fingerprint density at radius 1 is 1.26 bits per heavy atom. The number of carbonyl (C=O) groups excluding carboxylic acids is 1. The normalized spacial score (nSPS) is 14.1. The number of nitrogens with one attached hydrogen (secondary N) is 2. The average Bonchev–Trinajstić information content (AvgIpc) is 3.08. The highest BCUT2D eigenvalue weighted by atomic mass is 32.1. The first-order valence-electron chi connectivity index (χ1n) is 7.68. The molecule has 1 aromatic carbocycles. The van der Waals surface area contributed by atoms with Crippen LogP contribution >= 0.6 is 11.3 Å². The maximum atomic E-state index is 12.1. The molecule has 23 heavy (non-hydrogen) atoms. The molecule has 6 heteroatoms. The Morgan fingerprint density at radius 2 is 2.09 bits per heavy atom. The molecule has 1 aliphatic rings. The summed E-state index contributed by atoms with van der Waals surface area (Å²) in [5, 5.41) is 8.19. The summed E-state index contributed by atoms with van der Waals surface area (Å²) in [7, 11) is 0. The van der Waals surface area contributed by atoms with E-state index in [4.69, 9.17) is 9.47 Å². The standard InChI is InChI=1S/C17H20N2O3S/c1-12(17(20)18-7-6-14-3-2-10-23-14)19-13-4-5-15-16(11-13)22-9-8-21-15/h2-5,10-12,19H,6-9H2,1H3,(H,18,20). The second-order valence-corrected chi connectivity index (χ2v) is 6.38. The van der Waals surface area contributed by atoms with Crippen LogP contribution in [-0.2, 0) is 11.2 Å². The van der Waals surface area contributed by atoms with Crippen LogP contribution in [0.15, 0.2) is 35.7 Å². The van der Waals surface area contributed by atoms with Gasteiger partial charge in [0.1, 0.15) is 19.3 Å². The Hall–Kier alpha value is -2.21. The maximum absolute atomic E-state index is 12.1. The number of amides is 1. The second-order valence-electron chi connectivity index (χ2n) is 5.34. The van der Waals surface area contributed by atoms with E-state index in [1.165, 1.54) is 4.88 Å². The molecule has 2 aromatic rings. The van der Waals surface area contributed by atoms with Gasteiger partial charge in [-0.25, -0.2) is 0 Å². The maximum Gasteiger partial charge on any atom is 0.242 e. The van der Waals surface area contributed by atoms with Gasteiger partial charge in [0, 0.05) is 23.2 Å². The third-order valence-electron chi connectivity index (χ3n) is 3.57. The fourth-order valence-electron chi connectivity index (χ4n) is 2.37. The molecule has 1 amide bonds. The van der Waals surface area contributed by atoms with Gasteiger partial charge in [-0.05, 0) is 36.9 Å². The van der Waals surface area contributed by atoms with Gasteiger partial charge in [-0.15, -0.1) is 11.3 Å². The van der Waals surface area contributed by atoms with E-state index in [9.17, 15) is 4.79 Å². The zero-order valence-electron chi connectivity index (χ0n) is 13.0. The fraction of sp³-hybridized carbons (Fsp3) is 0.353. The van der Waals surface area contributed by atoms with Gasteiger partial charge in [-0.1, -0.05) is 6.07 Å². The molecule has 0 saturated carbocycles. The summed E-state index contributed by atoms with van der Waals surface area (Å²) in [6.45, 7) is 3.61. The molecule has 0 radical (unpaired) electrons. The number of benzene rings is 1. The minimum absolute atomic E-state index is 0.0172. The minimum Gasteiger partial charge on any atom is -0.486 e. The zero-order chi connectivity index (χ0) is 16.1. The van der Waals surface area contributed by atoms with E-state index >= 15 is 0 Å². The van der Waals surface area contributed by atoms with E-state index in [0.29, 0.717) is 25.5 Å². The van der Waals surface area contributed by atoms with Gasteiger partial charge in [-0.3, -0.25) is 4.79 Å². The summed E-state index contributed by atoms with van der Waals surface area (Å²) in [6.07, 6.45) is 0.861. The van der Waals surface area contributed by atoms with Crippen LogP contribution < -0.4 is 20.1 Å². The second kappa shape index (κ2) is 7.37. The summed E-state index contributed by atoms with van der Waals surface area (Å²) in [6, 6.07) is 9.40. The SMILES string of the molecule is CC(Nc1ccc2c(c1)OCCO2)C(=O)NCCc1cccs1. The quantitative estimate of drug-likeness (QED) is 0.854. The summed E-state index contributed by atoms with van der Waals surface area (Å²) >= 11 is 1.71. The summed E-state index contributed by atoms with van der Waals surface area (Å²) in [5.41, 5.74) is 0.843. The van der Waals surface area contributed by atoms with Crippen molar-refractivity contribution in [1.29, 1.82) is 0 Å². The van der Waals surface area contributed by atoms with E-state index in [0.717, 1.165) is 17.9 Å². The Morgan fingerprint density at radius 3 is 2.87 bits per heavy atom. The Balaban J connectivity index is 1.49. The molecular weight excluding hydrogens is 312 g/mol. The largest absolute Gasteiger partial charge is 0.486 e. The first-order valence-corrected chi connectivity index (χ1v) is 8.56. The van der Waals surface area contributed by atoms with Gasteiger partial charge in [0.2, 0.25) is 5.91 Å². The summed E-state index contributed by atoms with van der Waals surface area (Å²) < 4.78 is 11.0. The Labute approximate surface area is 139 Å². The summed E-state index contributed by atoms with van der Waals surface area (Å²) in [5.74, 6) is 1.44. The van der Waals surface area contributed by atoms with Crippen LogP contribution in [0.3, 0.4) is 0 Å². The van der Waals surface area contributed by atoms with Gasteiger partial charge >= 0.3 is 0 Å². The fourth-order valence-corrected chi connectivity index (χ4v) is 3.07. The molecule has 0 fully saturated rings. The lowest BCUT2D eigenvalue weighted by atomic mass is 10.2. The van der Waals surface area contributed by atoms with Crippen LogP contribution in [0.2, 0.25) is 0 Å². The van der Waals surface area contributed by atoms with Crippen molar-refractivity contribution in [2.45, 2.75) is 19.4 Å². The van der Waals surface area contributed by atoms with Gasteiger partial charge in [0.25, 0.3) is 0 Å². The molecule has 1 unspecified atom stereocenters. The molecular formula is C17H20N2O3S. The minimum atomic E-state index is -0.319. The highest BCUT2D eigenvalue weighted by Crippen LogP contribution is 2.32. The highest BCUT2D eigenvalue weighted by molar-refractivity contribution is 7.09. The van der Waals surface area contributed by atoms with E-state index in [1.54, 1.807) is 11.3 Å². The molecule has 122 valence electrons. The van der Waals surface area contributed by atoms with Crippen LogP contribution in [0.1, 0.15) is 11.8 Å². The number of fused-ring (bicyclic) bond motifs is 1. The van der Waals surface area contributed by atoms with Crippen molar-refractivity contribution in [1.82, 2.24) is 5.32 Å². The predicted octanol–water partition coefficient (Wildman–Crippen LogP) is 2.68. The van der Waals surface area contributed by atoms with Crippen LogP contribution in [0.25, 0.3) is 0 Å². The molecule has 1 aromatic heterocycles. The van der Waals surface area contributed by atoms with E-state index < -0.39 is 0 Å². The van der Waals surface area contributed by atoms with E-state index in [-0.39, 0.29) is 11.9 Å². The lowest BCUT2D eigenvalue weighted by Gasteiger charge is -2.20. The van der Waals surface area contributed by atoms with Crippen molar-refractivity contribution >= 4 is 22.9 Å². The summed E-state index contributed by atoms with van der Waals surface area (Å²) in [4.78, 5) is 13.4. The number of rotatable bonds is 6. The van der Waals surface area contributed by atoms with Crippen molar-refractivity contribution in [3.63, 3.8) is 0 Å². The topological polar surface area (TPSA) is 59.6 Å². The molecule has 3 rings (SSSR count). The molecule has 5 nitrogen and oxygen atoms in total. The monoisotopic (exact) mass is 332 g/mol. The van der Waals surface area contributed by atoms with Gasteiger partial charge in [-0.2, -0.15) is 0 Å². The lowest BCUT2D eigenvalue weighted by Crippen LogP contribution is -2.38. The van der Waals surface area contributed by atoms with Crippen LogP contribution in [0.5, 0.6) is 11.5 Å². The molecule has 2 N–H and O–H groups in total. The highest BCUT2D eigenvalue weighted by Gasteiger charge is 2.15. The van der Waals surface area contributed by atoms with Crippen molar-refractivity contribution in [3.8, 4) is 11.5 Å². The molecule has 2 heterocycles. The van der Waals surface area contributed by atoms with Crippen LogP contribution in [0.4, 0.5) is 5.69 Å². The van der Waals surface area contributed by atoms with Crippen molar-refractivity contribution in [2.24, 2.45) is 0 Å². The Bertz CT molecular complexity index is 658. The number of ether oxygens (including phenoxy) is 2. The van der Waals surface area contributed by atoms with Crippen LogP contribution in [-0.4, -0.2) is 31.7 Å². The number of hydrogen-bond donors (Lipinski definition) is 2. The van der Waals surface area contributed by atoms with E-state index in [2.05, 4.69) is 16.7 Å². The average molecular weight is 332 g/mol. The van der Waals surface area contributed by atoms with Crippen LogP contribution in [0, 0.1) is 0 Å². The van der Waals surface area contributed by atoms with Crippen molar-refractivity contribution in [2.75, 3.05) is 25.1 Å². The number of hydrogen-bond acceptors (Lipinski definition) is 5. The van der Waals surface area contributed by atoms with Crippen molar-refractivity contribution < 1.29 is 14.3 Å². The number of thiophene rings is 1. The first kappa shape index (κ1) is 15.7. The molecule has 0 spiro atoms. The lowest BCUT2D eigenvalue weighted by molar-refractivity contribution is -0.121. The predicted molar refractivity (Wildman–Crippen MR) is 91.5 cm³/mol. The first-order chi connectivity index (χ1) is 11.2. The smallest absolute Gasteiger partial charge is 0.242 e. The molecule has 0 bridgehead atoms. The van der Waals surface area contributed by atoms with Gasteiger partial charge < -0.3 is 20.1 Å².